The van der Waals surface area contributed by atoms with Crippen LogP contribution >= 0.6 is 0 Å². The standard InChI is InChI=1S/C16H20N2O3/c1-3-16(2,8-9-19)18-14-12-7-5-4-6-11(12)13(10-17-14)15(20)21/h4-7,10,19H,3,8-9H2,1-2H3,(H,17,18)(H,20,21). The summed E-state index contributed by atoms with van der Waals surface area (Å²) in [6.07, 6.45) is 2.80. The minimum atomic E-state index is -0.987. The van der Waals surface area contributed by atoms with Crippen LogP contribution in [-0.2, 0) is 0 Å². The Morgan fingerprint density at radius 3 is 2.57 bits per heavy atom. The second-order valence-electron chi connectivity index (χ2n) is 5.38. The van der Waals surface area contributed by atoms with E-state index in [0.717, 1.165) is 11.8 Å². The molecule has 0 spiro atoms. The van der Waals surface area contributed by atoms with Gasteiger partial charge in [-0.1, -0.05) is 31.2 Å². The number of anilines is 1. The largest absolute Gasteiger partial charge is 0.478 e. The van der Waals surface area contributed by atoms with Crippen molar-refractivity contribution in [1.82, 2.24) is 4.98 Å². The second-order valence-corrected chi connectivity index (χ2v) is 5.38. The molecule has 21 heavy (non-hydrogen) atoms. The third kappa shape index (κ3) is 3.13. The van der Waals surface area contributed by atoms with Crippen molar-refractivity contribution in [3.63, 3.8) is 0 Å². The van der Waals surface area contributed by atoms with Gasteiger partial charge in [-0.15, -0.1) is 0 Å². The fourth-order valence-corrected chi connectivity index (χ4v) is 2.32. The number of rotatable bonds is 6. The molecule has 3 N–H and O–H groups in total. The van der Waals surface area contributed by atoms with Crippen LogP contribution in [0.2, 0.25) is 0 Å². The number of aromatic nitrogens is 1. The fourth-order valence-electron chi connectivity index (χ4n) is 2.32. The molecule has 1 atom stereocenters. The maximum absolute atomic E-state index is 11.3. The minimum absolute atomic E-state index is 0.0858. The van der Waals surface area contributed by atoms with Gasteiger partial charge in [0.1, 0.15) is 5.82 Å². The second kappa shape index (κ2) is 6.10. The Bertz CT molecular complexity index is 657. The SMILES string of the molecule is CCC(C)(CCO)Nc1ncc(C(=O)O)c2ccccc12. The van der Waals surface area contributed by atoms with E-state index >= 15 is 0 Å². The number of hydrogen-bond donors (Lipinski definition) is 3. The lowest BCUT2D eigenvalue weighted by molar-refractivity contribution is 0.0698. The molecule has 1 unspecified atom stereocenters. The molecule has 0 fully saturated rings. The average molecular weight is 288 g/mol. The molecule has 0 aliphatic rings. The van der Waals surface area contributed by atoms with Crippen molar-refractivity contribution in [2.24, 2.45) is 0 Å². The number of carboxylic acids is 1. The van der Waals surface area contributed by atoms with Crippen molar-refractivity contribution < 1.29 is 15.0 Å². The third-order valence-corrected chi connectivity index (χ3v) is 3.89. The predicted molar refractivity (Wildman–Crippen MR) is 82.7 cm³/mol. The van der Waals surface area contributed by atoms with E-state index < -0.39 is 5.97 Å². The molecule has 5 nitrogen and oxygen atoms in total. The monoisotopic (exact) mass is 288 g/mol. The van der Waals surface area contributed by atoms with E-state index in [4.69, 9.17) is 0 Å². The van der Waals surface area contributed by atoms with Gasteiger partial charge in [0.2, 0.25) is 0 Å². The van der Waals surface area contributed by atoms with Gasteiger partial charge in [0.25, 0.3) is 0 Å². The number of carbonyl (C=O) groups is 1. The smallest absolute Gasteiger partial charge is 0.337 e. The van der Waals surface area contributed by atoms with Crippen LogP contribution in [0.15, 0.2) is 30.5 Å². The summed E-state index contributed by atoms with van der Waals surface area (Å²) >= 11 is 0. The molecule has 2 rings (SSSR count). The molecule has 1 aromatic heterocycles. The Balaban J connectivity index is 2.51. The summed E-state index contributed by atoms with van der Waals surface area (Å²) in [5.41, 5.74) is -0.0913. The lowest BCUT2D eigenvalue weighted by Crippen LogP contribution is -2.35. The number of aliphatic hydroxyl groups is 1. The molecule has 0 amide bonds. The summed E-state index contributed by atoms with van der Waals surface area (Å²) < 4.78 is 0. The van der Waals surface area contributed by atoms with E-state index in [9.17, 15) is 15.0 Å². The van der Waals surface area contributed by atoms with Gasteiger partial charge in [0.05, 0.1) is 5.56 Å². The van der Waals surface area contributed by atoms with Gasteiger partial charge in [0, 0.05) is 29.1 Å². The zero-order valence-electron chi connectivity index (χ0n) is 12.3. The molecule has 0 saturated carbocycles. The van der Waals surface area contributed by atoms with Gasteiger partial charge in [-0.3, -0.25) is 0 Å². The third-order valence-electron chi connectivity index (χ3n) is 3.89. The van der Waals surface area contributed by atoms with E-state index in [1.807, 2.05) is 32.0 Å². The van der Waals surface area contributed by atoms with Gasteiger partial charge in [-0.2, -0.15) is 0 Å². The Hall–Kier alpha value is -2.14. The van der Waals surface area contributed by atoms with Crippen molar-refractivity contribution >= 4 is 22.6 Å². The number of nitrogens with zero attached hydrogens (tertiary/aromatic N) is 1. The van der Waals surface area contributed by atoms with E-state index in [2.05, 4.69) is 10.3 Å². The maximum Gasteiger partial charge on any atom is 0.337 e. The van der Waals surface area contributed by atoms with Crippen LogP contribution in [0.5, 0.6) is 0 Å². The molecule has 0 bridgehead atoms. The molecule has 0 radical (unpaired) electrons. The first kappa shape index (κ1) is 15.3. The molecule has 1 aromatic carbocycles. The summed E-state index contributed by atoms with van der Waals surface area (Å²) in [6, 6.07) is 7.30. The van der Waals surface area contributed by atoms with Crippen molar-refractivity contribution in [2.75, 3.05) is 11.9 Å². The molecule has 112 valence electrons. The summed E-state index contributed by atoms with van der Waals surface area (Å²) in [6.45, 7) is 4.14. The lowest BCUT2D eigenvalue weighted by atomic mass is 9.94. The Morgan fingerprint density at radius 1 is 1.33 bits per heavy atom. The molecular formula is C16H20N2O3. The lowest BCUT2D eigenvalue weighted by Gasteiger charge is -2.30. The maximum atomic E-state index is 11.3. The highest BCUT2D eigenvalue weighted by Gasteiger charge is 2.23. The van der Waals surface area contributed by atoms with E-state index in [1.54, 1.807) is 6.07 Å². The van der Waals surface area contributed by atoms with Crippen LogP contribution in [0, 0.1) is 0 Å². The number of hydrogen-bond acceptors (Lipinski definition) is 4. The number of carboxylic acid groups (broad SMARTS) is 1. The van der Waals surface area contributed by atoms with Crippen LogP contribution in [-0.4, -0.2) is 33.3 Å². The molecule has 0 saturated heterocycles. The van der Waals surface area contributed by atoms with Crippen molar-refractivity contribution in [3.05, 3.63) is 36.0 Å². The number of fused-ring (bicyclic) bond motifs is 1. The molecular weight excluding hydrogens is 268 g/mol. The number of nitrogens with one attached hydrogen (secondary N) is 1. The number of aromatic carboxylic acids is 1. The van der Waals surface area contributed by atoms with Crippen molar-refractivity contribution in [1.29, 1.82) is 0 Å². The summed E-state index contributed by atoms with van der Waals surface area (Å²) in [4.78, 5) is 15.5. The van der Waals surface area contributed by atoms with E-state index in [1.165, 1.54) is 6.20 Å². The fraction of sp³-hybridized carbons (Fsp3) is 0.375. The Labute approximate surface area is 123 Å². The molecule has 1 heterocycles. The minimum Gasteiger partial charge on any atom is -0.478 e. The molecule has 2 aromatic rings. The quantitative estimate of drug-likeness (QED) is 0.761. The highest BCUT2D eigenvalue weighted by atomic mass is 16.4. The highest BCUT2D eigenvalue weighted by Crippen LogP contribution is 2.28. The Morgan fingerprint density at radius 2 is 2.00 bits per heavy atom. The first-order chi connectivity index (χ1) is 10.0. The van der Waals surface area contributed by atoms with Crippen LogP contribution in [0.3, 0.4) is 0 Å². The van der Waals surface area contributed by atoms with Crippen LogP contribution < -0.4 is 5.32 Å². The highest BCUT2D eigenvalue weighted by molar-refractivity contribution is 6.06. The van der Waals surface area contributed by atoms with E-state index in [-0.39, 0.29) is 17.7 Å². The van der Waals surface area contributed by atoms with E-state index in [0.29, 0.717) is 17.6 Å². The Kier molecular flexibility index (Phi) is 4.43. The first-order valence-corrected chi connectivity index (χ1v) is 7.01. The van der Waals surface area contributed by atoms with Crippen molar-refractivity contribution in [2.45, 2.75) is 32.2 Å². The summed E-state index contributed by atoms with van der Waals surface area (Å²) in [5, 5.41) is 23.2. The number of aliphatic hydroxyl groups excluding tert-OH is 1. The zero-order chi connectivity index (χ0) is 15.5. The average Bonchev–Trinajstić information content (AvgIpc) is 2.47. The van der Waals surface area contributed by atoms with Gasteiger partial charge < -0.3 is 15.5 Å². The molecule has 5 heteroatoms. The number of pyridine rings is 1. The normalized spacial score (nSPS) is 13.9. The topological polar surface area (TPSA) is 82.5 Å². The van der Waals surface area contributed by atoms with Crippen LogP contribution in [0.25, 0.3) is 10.8 Å². The molecule has 0 aliphatic carbocycles. The van der Waals surface area contributed by atoms with Gasteiger partial charge in [-0.05, 0) is 19.8 Å². The number of benzene rings is 1. The van der Waals surface area contributed by atoms with Crippen molar-refractivity contribution in [3.8, 4) is 0 Å². The van der Waals surface area contributed by atoms with Crippen LogP contribution in [0.1, 0.15) is 37.0 Å². The van der Waals surface area contributed by atoms with Gasteiger partial charge in [-0.25, -0.2) is 9.78 Å². The summed E-state index contributed by atoms with van der Waals surface area (Å²) in [5.74, 6) is -0.340. The molecule has 0 aliphatic heterocycles. The summed E-state index contributed by atoms with van der Waals surface area (Å²) in [7, 11) is 0. The van der Waals surface area contributed by atoms with Gasteiger partial charge in [0.15, 0.2) is 0 Å². The van der Waals surface area contributed by atoms with Gasteiger partial charge >= 0.3 is 5.97 Å². The first-order valence-electron chi connectivity index (χ1n) is 7.01. The predicted octanol–water partition coefficient (Wildman–Crippen LogP) is 2.90. The van der Waals surface area contributed by atoms with Crippen LogP contribution in [0.4, 0.5) is 5.82 Å². The zero-order valence-corrected chi connectivity index (χ0v) is 12.3.